The molecule has 1 amide bonds. The first-order valence-electron chi connectivity index (χ1n) is 8.32. The highest BCUT2D eigenvalue weighted by Crippen LogP contribution is 2.41. The van der Waals surface area contributed by atoms with Crippen molar-refractivity contribution in [1.29, 1.82) is 0 Å². The second kappa shape index (κ2) is 5.84. The Balaban J connectivity index is 1.36. The van der Waals surface area contributed by atoms with Crippen LogP contribution in [0, 0.1) is 6.92 Å². The van der Waals surface area contributed by atoms with Gasteiger partial charge in [0, 0.05) is 16.4 Å². The van der Waals surface area contributed by atoms with Crippen molar-refractivity contribution in [3.05, 3.63) is 40.6 Å². The SMILES string of the molecule is Cc1sc(-c2nnc(C3CC3)o2)cc1NC(=O)c1ccc2c(c1)OCO2. The summed E-state index contributed by atoms with van der Waals surface area (Å²) in [7, 11) is 0. The van der Waals surface area contributed by atoms with Crippen LogP contribution in [-0.2, 0) is 0 Å². The lowest BCUT2D eigenvalue weighted by molar-refractivity contribution is 0.102. The lowest BCUT2D eigenvalue weighted by Crippen LogP contribution is -2.11. The number of thiophene rings is 1. The molecule has 0 saturated heterocycles. The van der Waals surface area contributed by atoms with Crippen LogP contribution in [0.5, 0.6) is 11.5 Å². The molecule has 26 heavy (non-hydrogen) atoms. The summed E-state index contributed by atoms with van der Waals surface area (Å²) >= 11 is 1.51. The molecule has 3 heterocycles. The van der Waals surface area contributed by atoms with Crippen molar-refractivity contribution in [3.63, 3.8) is 0 Å². The van der Waals surface area contributed by atoms with Crippen LogP contribution in [0.15, 0.2) is 28.7 Å². The molecule has 0 bridgehead atoms. The van der Waals surface area contributed by atoms with E-state index in [4.69, 9.17) is 13.9 Å². The minimum atomic E-state index is -0.208. The van der Waals surface area contributed by atoms with E-state index in [0.717, 1.165) is 28.3 Å². The second-order valence-corrected chi connectivity index (χ2v) is 7.58. The van der Waals surface area contributed by atoms with E-state index < -0.39 is 0 Å². The van der Waals surface area contributed by atoms with Crippen LogP contribution in [0.1, 0.15) is 39.9 Å². The molecule has 1 fully saturated rings. The molecule has 2 aliphatic rings. The third-order valence-electron chi connectivity index (χ3n) is 4.38. The van der Waals surface area contributed by atoms with Crippen LogP contribution in [0.2, 0.25) is 0 Å². The smallest absolute Gasteiger partial charge is 0.257 e. The summed E-state index contributed by atoms with van der Waals surface area (Å²) in [5.74, 6) is 2.65. The molecule has 0 spiro atoms. The van der Waals surface area contributed by atoms with Crippen LogP contribution >= 0.6 is 11.3 Å². The number of carbonyl (C=O) groups is 1. The summed E-state index contributed by atoms with van der Waals surface area (Å²) in [4.78, 5) is 14.4. The lowest BCUT2D eigenvalue weighted by Gasteiger charge is -2.05. The summed E-state index contributed by atoms with van der Waals surface area (Å²) in [5, 5.41) is 11.2. The van der Waals surface area contributed by atoms with E-state index in [1.807, 2.05) is 13.0 Å². The van der Waals surface area contributed by atoms with Crippen molar-refractivity contribution in [2.24, 2.45) is 0 Å². The van der Waals surface area contributed by atoms with Crippen LogP contribution in [-0.4, -0.2) is 22.9 Å². The number of nitrogens with zero attached hydrogens (tertiary/aromatic N) is 2. The first kappa shape index (κ1) is 15.4. The van der Waals surface area contributed by atoms with E-state index in [1.165, 1.54) is 11.3 Å². The molecule has 8 heteroatoms. The highest BCUT2D eigenvalue weighted by Gasteiger charge is 2.30. The van der Waals surface area contributed by atoms with Gasteiger partial charge < -0.3 is 19.2 Å². The normalized spacial score (nSPS) is 15.3. The molecular formula is C18H15N3O4S. The maximum Gasteiger partial charge on any atom is 0.257 e. The average molecular weight is 369 g/mol. The number of aryl methyl sites for hydroxylation is 1. The summed E-state index contributed by atoms with van der Waals surface area (Å²) in [5.41, 5.74) is 1.24. The Hall–Kier alpha value is -2.87. The highest BCUT2D eigenvalue weighted by molar-refractivity contribution is 7.15. The minimum Gasteiger partial charge on any atom is -0.454 e. The monoisotopic (exact) mass is 369 g/mol. The van der Waals surface area contributed by atoms with Crippen molar-refractivity contribution in [1.82, 2.24) is 10.2 Å². The zero-order chi connectivity index (χ0) is 17.7. The van der Waals surface area contributed by atoms with Gasteiger partial charge in [0.1, 0.15) is 0 Å². The Morgan fingerprint density at radius 3 is 2.88 bits per heavy atom. The van der Waals surface area contributed by atoms with Gasteiger partial charge in [-0.1, -0.05) is 0 Å². The minimum absolute atomic E-state index is 0.181. The topological polar surface area (TPSA) is 86.5 Å². The van der Waals surface area contributed by atoms with Crippen LogP contribution < -0.4 is 14.8 Å². The lowest BCUT2D eigenvalue weighted by atomic mass is 10.2. The molecule has 1 aliphatic carbocycles. The Morgan fingerprint density at radius 1 is 1.19 bits per heavy atom. The van der Waals surface area contributed by atoms with Gasteiger partial charge in [-0.15, -0.1) is 21.5 Å². The number of benzene rings is 1. The summed E-state index contributed by atoms with van der Waals surface area (Å²) < 4.78 is 16.3. The molecule has 0 atom stereocenters. The molecule has 0 unspecified atom stereocenters. The third kappa shape index (κ3) is 2.72. The fourth-order valence-corrected chi connectivity index (χ4v) is 3.67. The second-order valence-electron chi connectivity index (χ2n) is 6.32. The number of rotatable bonds is 4. The van der Waals surface area contributed by atoms with Crippen molar-refractivity contribution < 1.29 is 18.7 Å². The molecule has 3 aromatic rings. The first-order chi connectivity index (χ1) is 12.7. The maximum absolute atomic E-state index is 12.6. The van der Waals surface area contributed by atoms with Gasteiger partial charge in [-0.05, 0) is 44.0 Å². The molecule has 1 aliphatic heterocycles. The molecular weight excluding hydrogens is 354 g/mol. The van der Waals surface area contributed by atoms with Gasteiger partial charge in [0.05, 0.1) is 10.6 Å². The molecule has 1 N–H and O–H groups in total. The summed E-state index contributed by atoms with van der Waals surface area (Å²) in [6, 6.07) is 7.00. The van der Waals surface area contributed by atoms with Crippen molar-refractivity contribution in [3.8, 4) is 22.3 Å². The Morgan fingerprint density at radius 2 is 2.04 bits per heavy atom. The van der Waals surface area contributed by atoms with Crippen LogP contribution in [0.25, 0.3) is 10.8 Å². The largest absolute Gasteiger partial charge is 0.454 e. The number of fused-ring (bicyclic) bond motifs is 1. The van der Waals surface area contributed by atoms with Crippen LogP contribution in [0.4, 0.5) is 5.69 Å². The molecule has 7 nitrogen and oxygen atoms in total. The van der Waals surface area contributed by atoms with Crippen molar-refractivity contribution >= 4 is 22.9 Å². The van der Waals surface area contributed by atoms with Gasteiger partial charge in [0.25, 0.3) is 11.8 Å². The fraction of sp³-hybridized carbons (Fsp3) is 0.278. The Labute approximate surface area is 153 Å². The van der Waals surface area contributed by atoms with Crippen molar-refractivity contribution in [2.75, 3.05) is 12.1 Å². The zero-order valence-corrected chi connectivity index (χ0v) is 14.8. The number of amides is 1. The number of nitrogens with one attached hydrogen (secondary N) is 1. The van der Waals surface area contributed by atoms with E-state index >= 15 is 0 Å². The Bertz CT molecular complexity index is 1010. The van der Waals surface area contributed by atoms with Crippen LogP contribution in [0.3, 0.4) is 0 Å². The number of hydrogen-bond acceptors (Lipinski definition) is 7. The van der Waals surface area contributed by atoms with E-state index in [-0.39, 0.29) is 12.7 Å². The molecule has 2 aromatic heterocycles. The van der Waals surface area contributed by atoms with E-state index in [1.54, 1.807) is 18.2 Å². The quantitative estimate of drug-likeness (QED) is 0.749. The standard InChI is InChI=1S/C18H15N3O4S/c1-9-12(7-15(26-9)18-21-20-17(25-18)10-2-3-10)19-16(22)11-4-5-13-14(6-11)24-8-23-13/h4-7,10H,2-3,8H2,1H3,(H,19,22). The number of ether oxygens (including phenoxy) is 2. The van der Waals surface area contributed by atoms with Gasteiger partial charge >= 0.3 is 0 Å². The van der Waals surface area contributed by atoms with Gasteiger partial charge in [0.15, 0.2) is 11.5 Å². The van der Waals surface area contributed by atoms with Crippen molar-refractivity contribution in [2.45, 2.75) is 25.7 Å². The Kier molecular flexibility index (Phi) is 3.46. The number of hydrogen-bond donors (Lipinski definition) is 1. The highest BCUT2D eigenvalue weighted by atomic mass is 32.1. The van der Waals surface area contributed by atoms with Gasteiger partial charge in [-0.3, -0.25) is 4.79 Å². The van der Waals surface area contributed by atoms with Gasteiger partial charge in [-0.25, -0.2) is 0 Å². The average Bonchev–Trinajstić information content (AvgIpc) is 3.06. The van der Waals surface area contributed by atoms with Gasteiger partial charge in [-0.2, -0.15) is 0 Å². The maximum atomic E-state index is 12.6. The molecule has 5 rings (SSSR count). The summed E-state index contributed by atoms with van der Waals surface area (Å²) in [6.07, 6.45) is 2.23. The number of anilines is 1. The molecule has 1 saturated carbocycles. The first-order valence-corrected chi connectivity index (χ1v) is 9.14. The summed E-state index contributed by atoms with van der Waals surface area (Å²) in [6.45, 7) is 2.13. The number of carbonyl (C=O) groups excluding carboxylic acids is 1. The number of aromatic nitrogens is 2. The molecule has 0 radical (unpaired) electrons. The van der Waals surface area contributed by atoms with Gasteiger partial charge in [0.2, 0.25) is 12.7 Å². The van der Waals surface area contributed by atoms with E-state index in [0.29, 0.717) is 34.8 Å². The van der Waals surface area contributed by atoms with E-state index in [9.17, 15) is 4.79 Å². The predicted octanol–water partition coefficient (Wildman–Crippen LogP) is 3.96. The molecule has 1 aromatic carbocycles. The third-order valence-corrected chi connectivity index (χ3v) is 5.42. The zero-order valence-electron chi connectivity index (χ0n) is 13.9. The fourth-order valence-electron chi connectivity index (χ4n) is 2.77. The van der Waals surface area contributed by atoms with E-state index in [2.05, 4.69) is 15.5 Å². The molecule has 132 valence electrons. The predicted molar refractivity (Wildman–Crippen MR) is 94.8 cm³/mol.